The highest BCUT2D eigenvalue weighted by atomic mass is 15.3. The van der Waals surface area contributed by atoms with E-state index in [1.807, 2.05) is 17.0 Å². The Kier molecular flexibility index (Phi) is 2.70. The van der Waals surface area contributed by atoms with E-state index in [0.717, 1.165) is 5.56 Å². The molecule has 1 aliphatic rings. The van der Waals surface area contributed by atoms with Crippen LogP contribution in [0.3, 0.4) is 0 Å². The summed E-state index contributed by atoms with van der Waals surface area (Å²) in [5, 5.41) is 8.46. The van der Waals surface area contributed by atoms with Crippen LogP contribution in [0.1, 0.15) is 5.56 Å². The summed E-state index contributed by atoms with van der Waals surface area (Å²) in [5.41, 5.74) is 1.08. The molecule has 0 bridgehead atoms. The average Bonchev–Trinajstić information content (AvgIpc) is 2.68. The minimum Gasteiger partial charge on any atom is -0.331 e. The topological polar surface area (TPSA) is 64.6 Å². The second-order valence-corrected chi connectivity index (χ2v) is 3.07. The van der Waals surface area contributed by atoms with Crippen molar-refractivity contribution in [2.24, 2.45) is 9.98 Å². The van der Waals surface area contributed by atoms with Gasteiger partial charge >= 0.3 is 0 Å². The van der Waals surface area contributed by atoms with Gasteiger partial charge in [0, 0.05) is 25.2 Å². The summed E-state index contributed by atoms with van der Waals surface area (Å²) < 4.78 is 0. The van der Waals surface area contributed by atoms with Crippen LogP contribution >= 0.6 is 0 Å². The van der Waals surface area contributed by atoms with E-state index < -0.39 is 0 Å². The van der Waals surface area contributed by atoms with Crippen molar-refractivity contribution in [2.45, 2.75) is 6.54 Å². The lowest BCUT2D eigenvalue weighted by Crippen LogP contribution is -2.25. The molecule has 2 rings (SSSR count). The number of nitriles is 1. The number of pyridine rings is 1. The van der Waals surface area contributed by atoms with Crippen molar-refractivity contribution in [3.63, 3.8) is 0 Å². The van der Waals surface area contributed by atoms with Crippen molar-refractivity contribution in [1.29, 1.82) is 5.26 Å². The molecule has 0 unspecified atom stereocenters. The Labute approximate surface area is 87.4 Å². The smallest absolute Gasteiger partial charge is 0.236 e. The summed E-state index contributed by atoms with van der Waals surface area (Å²) in [6.45, 7) is 1.36. The Morgan fingerprint density at radius 1 is 1.60 bits per heavy atom. The third-order valence-corrected chi connectivity index (χ3v) is 2.04. The van der Waals surface area contributed by atoms with Gasteiger partial charge in [-0.25, -0.2) is 4.99 Å². The van der Waals surface area contributed by atoms with Gasteiger partial charge in [-0.05, 0) is 11.6 Å². The van der Waals surface area contributed by atoms with E-state index in [9.17, 15) is 0 Å². The van der Waals surface area contributed by atoms with Gasteiger partial charge in [0.05, 0.1) is 6.54 Å². The first-order valence-electron chi connectivity index (χ1n) is 4.53. The van der Waals surface area contributed by atoms with Crippen LogP contribution in [-0.4, -0.2) is 28.6 Å². The fourth-order valence-corrected chi connectivity index (χ4v) is 1.38. The third kappa shape index (κ3) is 2.17. The van der Waals surface area contributed by atoms with E-state index in [1.54, 1.807) is 24.8 Å². The minimum absolute atomic E-state index is 0.473. The van der Waals surface area contributed by atoms with Gasteiger partial charge < -0.3 is 4.90 Å². The van der Waals surface area contributed by atoms with Crippen molar-refractivity contribution in [3.05, 3.63) is 30.1 Å². The fourth-order valence-electron chi connectivity index (χ4n) is 1.38. The maximum atomic E-state index is 8.46. The Morgan fingerprint density at radius 3 is 3.27 bits per heavy atom. The molecule has 15 heavy (non-hydrogen) atoms. The van der Waals surface area contributed by atoms with Gasteiger partial charge in [0.1, 0.15) is 0 Å². The molecule has 0 atom stereocenters. The maximum Gasteiger partial charge on any atom is 0.236 e. The molecule has 5 heteroatoms. The van der Waals surface area contributed by atoms with Crippen LogP contribution in [0.4, 0.5) is 0 Å². The molecule has 1 aromatic heterocycles. The molecule has 1 aliphatic heterocycles. The highest BCUT2D eigenvalue weighted by Crippen LogP contribution is 2.07. The summed E-state index contributed by atoms with van der Waals surface area (Å²) in [6, 6.07) is 3.86. The molecule has 74 valence electrons. The lowest BCUT2D eigenvalue weighted by atomic mass is 10.3. The van der Waals surface area contributed by atoms with Crippen LogP contribution in [0.15, 0.2) is 34.5 Å². The number of rotatable bonds is 2. The second kappa shape index (κ2) is 4.33. The van der Waals surface area contributed by atoms with Gasteiger partial charge in [-0.1, -0.05) is 6.07 Å². The molecule has 1 aromatic rings. The number of nitrogens with zero attached hydrogens (tertiary/aromatic N) is 5. The SMILES string of the molecule is N#CN=C1N=CCN1Cc1cccnc1. The molecule has 0 fully saturated rings. The monoisotopic (exact) mass is 199 g/mol. The Balaban J connectivity index is 2.08. The Bertz CT molecular complexity index is 429. The van der Waals surface area contributed by atoms with Gasteiger partial charge in [0.15, 0.2) is 0 Å². The first-order valence-corrected chi connectivity index (χ1v) is 4.53. The average molecular weight is 199 g/mol. The summed E-state index contributed by atoms with van der Waals surface area (Å²) in [5.74, 6) is 0.473. The third-order valence-electron chi connectivity index (χ3n) is 2.04. The van der Waals surface area contributed by atoms with Gasteiger partial charge in [0.2, 0.25) is 12.2 Å². The highest BCUT2D eigenvalue weighted by Gasteiger charge is 2.14. The molecular formula is C10H9N5. The Morgan fingerprint density at radius 2 is 2.53 bits per heavy atom. The van der Waals surface area contributed by atoms with Crippen molar-refractivity contribution >= 4 is 12.2 Å². The molecular weight excluding hydrogens is 190 g/mol. The van der Waals surface area contributed by atoms with Gasteiger partial charge in [-0.2, -0.15) is 5.26 Å². The van der Waals surface area contributed by atoms with E-state index in [2.05, 4.69) is 15.0 Å². The van der Waals surface area contributed by atoms with Crippen LogP contribution < -0.4 is 0 Å². The van der Waals surface area contributed by atoms with Crippen LogP contribution in [0.2, 0.25) is 0 Å². The van der Waals surface area contributed by atoms with Crippen LogP contribution in [-0.2, 0) is 6.54 Å². The van der Waals surface area contributed by atoms with Crippen molar-refractivity contribution in [1.82, 2.24) is 9.88 Å². The number of hydrogen-bond donors (Lipinski definition) is 0. The predicted molar refractivity (Wildman–Crippen MR) is 56.2 cm³/mol. The Hall–Kier alpha value is -2.22. The van der Waals surface area contributed by atoms with Crippen molar-refractivity contribution < 1.29 is 0 Å². The zero-order valence-electron chi connectivity index (χ0n) is 8.04. The van der Waals surface area contributed by atoms with Gasteiger partial charge in [-0.15, -0.1) is 4.99 Å². The summed E-state index contributed by atoms with van der Waals surface area (Å²) in [6.07, 6.45) is 7.01. The molecule has 0 radical (unpaired) electrons. The first kappa shape index (κ1) is 9.34. The molecule has 0 spiro atoms. The van der Waals surface area contributed by atoms with E-state index >= 15 is 0 Å². The largest absolute Gasteiger partial charge is 0.331 e. The zero-order chi connectivity index (χ0) is 10.5. The molecule has 0 aliphatic carbocycles. The second-order valence-electron chi connectivity index (χ2n) is 3.07. The molecule has 0 aromatic carbocycles. The summed E-state index contributed by atoms with van der Waals surface area (Å²) >= 11 is 0. The lowest BCUT2D eigenvalue weighted by molar-refractivity contribution is 0.479. The fraction of sp³-hybridized carbons (Fsp3) is 0.200. The normalized spacial score (nSPS) is 17.0. The minimum atomic E-state index is 0.473. The summed E-state index contributed by atoms with van der Waals surface area (Å²) in [7, 11) is 0. The number of hydrogen-bond acceptors (Lipinski definition) is 3. The lowest BCUT2D eigenvalue weighted by Gasteiger charge is -2.15. The quantitative estimate of drug-likeness (QED) is 0.662. The molecule has 0 N–H and O–H groups in total. The van der Waals surface area contributed by atoms with E-state index in [4.69, 9.17) is 5.26 Å². The van der Waals surface area contributed by atoms with E-state index in [0.29, 0.717) is 19.0 Å². The molecule has 5 nitrogen and oxygen atoms in total. The van der Waals surface area contributed by atoms with E-state index in [1.165, 1.54) is 0 Å². The van der Waals surface area contributed by atoms with Crippen LogP contribution in [0, 0.1) is 11.5 Å². The van der Waals surface area contributed by atoms with Crippen molar-refractivity contribution in [3.8, 4) is 6.19 Å². The van der Waals surface area contributed by atoms with Crippen molar-refractivity contribution in [2.75, 3.05) is 6.54 Å². The molecule has 0 saturated heterocycles. The zero-order valence-corrected chi connectivity index (χ0v) is 8.04. The molecule has 2 heterocycles. The van der Waals surface area contributed by atoms with Crippen LogP contribution in [0.25, 0.3) is 0 Å². The number of aliphatic imine (C=N–C) groups is 2. The number of aromatic nitrogens is 1. The van der Waals surface area contributed by atoms with Gasteiger partial charge in [0.25, 0.3) is 0 Å². The maximum absolute atomic E-state index is 8.46. The number of guanidine groups is 1. The molecule has 0 saturated carbocycles. The van der Waals surface area contributed by atoms with E-state index in [-0.39, 0.29) is 0 Å². The first-order chi connectivity index (χ1) is 7.40. The highest BCUT2D eigenvalue weighted by molar-refractivity contribution is 5.94. The summed E-state index contributed by atoms with van der Waals surface area (Å²) in [4.78, 5) is 13.6. The predicted octanol–water partition coefficient (Wildman–Crippen LogP) is 0.805. The van der Waals surface area contributed by atoms with Crippen LogP contribution in [0.5, 0.6) is 0 Å². The van der Waals surface area contributed by atoms with Gasteiger partial charge in [-0.3, -0.25) is 4.98 Å². The standard InChI is InChI=1S/C10H9N5/c11-8-14-10-13-4-5-15(10)7-9-2-1-3-12-6-9/h1-4,6H,5,7H2. The molecule has 0 amide bonds.